The fourth-order valence-corrected chi connectivity index (χ4v) is 3.47. The van der Waals surface area contributed by atoms with Gasteiger partial charge in [0.1, 0.15) is 0 Å². The van der Waals surface area contributed by atoms with E-state index in [9.17, 15) is 47.1 Å². The Morgan fingerprint density at radius 2 is 0.579 bits per heavy atom. The van der Waals surface area contributed by atoms with Crippen molar-refractivity contribution in [1.82, 2.24) is 0 Å². The van der Waals surface area contributed by atoms with Gasteiger partial charge in [0.2, 0.25) is 0 Å². The van der Waals surface area contributed by atoms with Crippen LogP contribution in [0.3, 0.4) is 0 Å². The molecule has 0 aromatic rings. The summed E-state index contributed by atoms with van der Waals surface area (Å²) < 4.78 is 118. The summed E-state index contributed by atoms with van der Waals surface area (Å²) in [5.41, 5.74) is 0. The van der Waals surface area contributed by atoms with Gasteiger partial charge in [-0.3, -0.25) is 0 Å². The second-order valence-corrected chi connectivity index (χ2v) is 9.05. The molecule has 0 heterocycles. The Bertz CT molecular complexity index is 532. The maximum atomic E-state index is 9.38. The van der Waals surface area contributed by atoms with Crippen LogP contribution < -0.4 is 16.6 Å². The number of rotatable bonds is 4. The molecule has 19 heteroatoms. The smallest absolute Gasteiger partial charge is 4.00 e. The van der Waals surface area contributed by atoms with Crippen molar-refractivity contribution in [2.24, 2.45) is 0 Å². The Balaban J connectivity index is -0.000000256. The monoisotopic (exact) mass is 480 g/mol. The molecule has 0 spiro atoms. The Kier molecular flexibility index (Phi) is 11.1. The van der Waals surface area contributed by atoms with Gasteiger partial charge in [0.15, 0.2) is 0 Å². The molecular formula is Cr4O14Ti. The first-order valence-corrected chi connectivity index (χ1v) is 11.0. The van der Waals surface area contributed by atoms with Crippen molar-refractivity contribution < 1.29 is 129 Å². The van der Waals surface area contributed by atoms with Crippen LogP contribution in [0.25, 0.3) is 0 Å². The van der Waals surface area contributed by atoms with Gasteiger partial charge in [-0.2, -0.15) is 0 Å². The minimum Gasteiger partial charge on any atom is 4.00 e. The van der Waals surface area contributed by atoms with Crippen molar-refractivity contribution in [2.75, 3.05) is 0 Å². The second kappa shape index (κ2) is 8.45. The molecule has 0 atom stereocenters. The molecule has 0 fully saturated rings. The maximum absolute atomic E-state index is 9.38. The molecule has 14 nitrogen and oxygen atoms in total. The summed E-state index contributed by atoms with van der Waals surface area (Å²) >= 11 is -24.3. The van der Waals surface area contributed by atoms with Crippen LogP contribution in [0.1, 0.15) is 0 Å². The summed E-state index contributed by atoms with van der Waals surface area (Å²) in [6, 6.07) is 0. The first-order valence-electron chi connectivity index (χ1n) is 2.67. The van der Waals surface area contributed by atoms with Gasteiger partial charge in [0, 0.05) is 0 Å². The molecule has 0 saturated heterocycles. The molecule has 0 unspecified atom stereocenters. The fourth-order valence-electron chi connectivity index (χ4n) is 0.204. The molecule has 0 saturated carbocycles. The van der Waals surface area contributed by atoms with Crippen molar-refractivity contribution in [3.63, 3.8) is 0 Å². The molecule has 0 aliphatic heterocycles. The number of hydrogen-bond donors (Lipinski definition) is 0. The summed E-state index contributed by atoms with van der Waals surface area (Å²) in [4.78, 5) is 0. The van der Waals surface area contributed by atoms with E-state index in [1.54, 1.807) is 0 Å². The van der Waals surface area contributed by atoms with Gasteiger partial charge >= 0.3 is 129 Å². The van der Waals surface area contributed by atoms with Crippen molar-refractivity contribution in [3.05, 3.63) is 0 Å². The average Bonchev–Trinajstić information content (AvgIpc) is 1.64. The van der Waals surface area contributed by atoms with Crippen LogP contribution >= 0.6 is 0 Å². The van der Waals surface area contributed by atoms with E-state index in [0.717, 1.165) is 0 Å². The SMILES string of the molecule is [O]=[Cr](=[O])([O-])[O][Cr](=[O])(=[O])[O-].[O]=[Cr](=[O])([O-])[O][Cr](=[O])(=[O])[O-].[Ti+4]. The van der Waals surface area contributed by atoms with E-state index >= 15 is 0 Å². The van der Waals surface area contributed by atoms with Gasteiger partial charge in [0.25, 0.3) is 0 Å². The molecule has 0 aliphatic rings. The van der Waals surface area contributed by atoms with Crippen LogP contribution in [0, 0.1) is 0 Å². The topological polar surface area (TPSA) is 247 Å². The third-order valence-electron chi connectivity index (χ3n) is 0.333. The fraction of sp³-hybridized carbons (Fsp3) is 0. The zero-order valence-electron chi connectivity index (χ0n) is 7.85. The summed E-state index contributed by atoms with van der Waals surface area (Å²) in [7, 11) is 0. The van der Waals surface area contributed by atoms with Gasteiger partial charge in [0.05, 0.1) is 0 Å². The molecule has 112 valence electrons. The van der Waals surface area contributed by atoms with Gasteiger partial charge in [-0.05, 0) is 0 Å². The average molecular weight is 480 g/mol. The molecule has 0 N–H and O–H groups in total. The molecule has 0 bridgehead atoms. The van der Waals surface area contributed by atoms with Crippen molar-refractivity contribution in [1.29, 1.82) is 0 Å². The molecular weight excluding hydrogens is 480 g/mol. The third-order valence-corrected chi connectivity index (χ3v) is 5.67. The Labute approximate surface area is 128 Å². The summed E-state index contributed by atoms with van der Waals surface area (Å²) in [5.74, 6) is 0. The summed E-state index contributed by atoms with van der Waals surface area (Å²) in [6.45, 7) is 0. The molecule has 0 rings (SSSR count). The van der Waals surface area contributed by atoms with Gasteiger partial charge in [-0.25, -0.2) is 0 Å². The van der Waals surface area contributed by atoms with E-state index < -0.39 is 54.5 Å². The normalized spacial score (nSPS) is 12.8. The summed E-state index contributed by atoms with van der Waals surface area (Å²) in [5, 5.41) is 0. The Morgan fingerprint density at radius 3 is 0.579 bits per heavy atom. The molecule has 0 aromatic carbocycles. The van der Waals surface area contributed by atoms with Crippen LogP contribution in [-0.2, 0) is 112 Å². The van der Waals surface area contributed by atoms with E-state index in [-0.39, 0.29) is 21.7 Å². The van der Waals surface area contributed by atoms with Crippen molar-refractivity contribution in [3.8, 4) is 0 Å². The van der Waals surface area contributed by atoms with E-state index in [4.69, 9.17) is 0 Å². The first kappa shape index (κ1) is 25.0. The molecule has 19 heavy (non-hydrogen) atoms. The van der Waals surface area contributed by atoms with Gasteiger partial charge in [-0.15, -0.1) is 0 Å². The van der Waals surface area contributed by atoms with Gasteiger partial charge < -0.3 is 0 Å². The van der Waals surface area contributed by atoms with Crippen LogP contribution in [0.5, 0.6) is 0 Å². The van der Waals surface area contributed by atoms with E-state index in [1.165, 1.54) is 0 Å². The van der Waals surface area contributed by atoms with E-state index in [1.807, 2.05) is 0 Å². The zero-order chi connectivity index (χ0) is 15.4. The van der Waals surface area contributed by atoms with Gasteiger partial charge in [-0.1, -0.05) is 0 Å². The molecule has 0 amide bonds. The minimum absolute atomic E-state index is 0. The quantitative estimate of drug-likeness (QED) is 0.340. The van der Waals surface area contributed by atoms with Crippen LogP contribution in [0.15, 0.2) is 0 Å². The first-order chi connectivity index (χ1) is 7.41. The third kappa shape index (κ3) is 32.5. The molecule has 0 aliphatic carbocycles. The molecule has 0 radical (unpaired) electrons. The van der Waals surface area contributed by atoms with Crippen molar-refractivity contribution >= 4 is 0 Å². The Morgan fingerprint density at radius 1 is 0.474 bits per heavy atom. The summed E-state index contributed by atoms with van der Waals surface area (Å²) in [6.07, 6.45) is 0. The second-order valence-electron chi connectivity index (χ2n) is 1.77. The zero-order valence-corrected chi connectivity index (χ0v) is 14.5. The van der Waals surface area contributed by atoms with Crippen molar-refractivity contribution in [2.45, 2.75) is 0 Å². The van der Waals surface area contributed by atoms with Crippen LogP contribution in [0.2, 0.25) is 0 Å². The van der Waals surface area contributed by atoms with Crippen LogP contribution in [-0.4, -0.2) is 0 Å². The van der Waals surface area contributed by atoms with E-state index in [2.05, 4.69) is 5.68 Å². The largest absolute Gasteiger partial charge is 4.00 e. The van der Waals surface area contributed by atoms with Crippen LogP contribution in [0.4, 0.5) is 0 Å². The predicted octanol–water partition coefficient (Wildman–Crippen LogP) is -5.86. The Hall–Kier alpha value is 1.00. The standard InChI is InChI=1S/4Cr.14O.Ti/q;;;;;;;;;;;;;;4*-1;+4. The van der Waals surface area contributed by atoms with E-state index in [0.29, 0.717) is 0 Å². The predicted molar refractivity (Wildman–Crippen MR) is 7.66 cm³/mol. The minimum atomic E-state index is -6.07. The molecule has 0 aromatic heterocycles. The number of hydrogen-bond acceptors (Lipinski definition) is 14. The maximum Gasteiger partial charge on any atom is 4.00 e.